The molecule has 1 heterocycles. The minimum atomic E-state index is -0.417. The first-order valence-electron chi connectivity index (χ1n) is 6.47. The molecule has 0 spiro atoms. The van der Waals surface area contributed by atoms with Crippen LogP contribution in [0.4, 0.5) is 10.1 Å². The second-order valence-corrected chi connectivity index (χ2v) is 5.00. The molecule has 2 fully saturated rings. The molecule has 3 nitrogen and oxygen atoms in total. The van der Waals surface area contributed by atoms with E-state index < -0.39 is 5.82 Å². The highest BCUT2D eigenvalue weighted by atomic mass is 19.1. The van der Waals surface area contributed by atoms with Crippen LogP contribution in [-0.2, 0) is 0 Å². The molecule has 1 saturated carbocycles. The van der Waals surface area contributed by atoms with Gasteiger partial charge in [-0.15, -0.1) is 0 Å². The number of hydrogen-bond acceptors (Lipinski definition) is 3. The van der Waals surface area contributed by atoms with Crippen LogP contribution in [-0.4, -0.2) is 37.1 Å². The highest BCUT2D eigenvalue weighted by Crippen LogP contribution is 2.29. The Balaban J connectivity index is 1.76. The smallest absolute Gasteiger partial charge is 0.143 e. The van der Waals surface area contributed by atoms with Gasteiger partial charge in [-0.25, -0.2) is 4.39 Å². The van der Waals surface area contributed by atoms with Crippen molar-refractivity contribution in [3.05, 3.63) is 29.6 Å². The highest BCUT2D eigenvalue weighted by molar-refractivity contribution is 5.60. The summed E-state index contributed by atoms with van der Waals surface area (Å²) in [5.74, 6) is -0.417. The fraction of sp³-hybridized carbons (Fsp3) is 0.500. The Morgan fingerprint density at radius 3 is 2.50 bits per heavy atom. The number of halogens is 1. The fourth-order valence-electron chi connectivity index (χ4n) is 2.65. The minimum Gasteiger partial charge on any atom is -0.368 e. The summed E-state index contributed by atoms with van der Waals surface area (Å²) in [6, 6.07) is 7.64. The van der Waals surface area contributed by atoms with Crippen molar-refractivity contribution in [2.24, 2.45) is 0 Å². The van der Waals surface area contributed by atoms with E-state index in [0.29, 0.717) is 0 Å². The first-order valence-corrected chi connectivity index (χ1v) is 6.47. The van der Waals surface area contributed by atoms with Gasteiger partial charge in [0.25, 0.3) is 0 Å². The number of nitriles is 1. The lowest BCUT2D eigenvalue weighted by Gasteiger charge is -2.36. The summed E-state index contributed by atoms with van der Waals surface area (Å²) in [4.78, 5) is 4.63. The Morgan fingerprint density at radius 1 is 1.17 bits per heavy atom. The molecule has 1 aromatic carbocycles. The molecule has 4 heteroatoms. The van der Waals surface area contributed by atoms with Gasteiger partial charge in [-0.2, -0.15) is 5.26 Å². The lowest BCUT2D eigenvalue weighted by Crippen LogP contribution is -2.47. The van der Waals surface area contributed by atoms with Crippen molar-refractivity contribution in [1.29, 1.82) is 5.26 Å². The van der Waals surface area contributed by atoms with Crippen molar-refractivity contribution in [1.82, 2.24) is 4.90 Å². The summed E-state index contributed by atoms with van der Waals surface area (Å²) in [5, 5.41) is 9.05. The zero-order valence-corrected chi connectivity index (χ0v) is 10.3. The molecule has 0 amide bonds. The van der Waals surface area contributed by atoms with Crippen LogP contribution >= 0.6 is 0 Å². The maximum absolute atomic E-state index is 13.6. The zero-order chi connectivity index (χ0) is 12.5. The van der Waals surface area contributed by atoms with Gasteiger partial charge in [0.05, 0.1) is 5.69 Å². The van der Waals surface area contributed by atoms with E-state index in [2.05, 4.69) is 9.80 Å². The topological polar surface area (TPSA) is 30.3 Å². The van der Waals surface area contributed by atoms with E-state index >= 15 is 0 Å². The molecule has 0 unspecified atom stereocenters. The van der Waals surface area contributed by atoms with Gasteiger partial charge >= 0.3 is 0 Å². The number of benzene rings is 1. The number of anilines is 1. The first kappa shape index (κ1) is 11.5. The van der Waals surface area contributed by atoms with E-state index in [9.17, 15) is 4.39 Å². The van der Waals surface area contributed by atoms with Gasteiger partial charge in [-0.1, -0.05) is 6.07 Å². The van der Waals surface area contributed by atoms with Gasteiger partial charge in [0.1, 0.15) is 17.4 Å². The number of piperazine rings is 1. The van der Waals surface area contributed by atoms with Gasteiger partial charge in [0.2, 0.25) is 0 Å². The molecule has 1 aliphatic carbocycles. The molecule has 0 N–H and O–H groups in total. The molecular weight excluding hydrogens is 229 g/mol. The van der Waals surface area contributed by atoms with E-state index in [0.717, 1.165) is 37.9 Å². The summed E-state index contributed by atoms with van der Waals surface area (Å²) in [5.41, 5.74) is 0.922. The molecular formula is C14H16FN3. The summed E-state index contributed by atoms with van der Waals surface area (Å²) in [7, 11) is 0. The van der Waals surface area contributed by atoms with Crippen LogP contribution in [0, 0.1) is 17.1 Å². The largest absolute Gasteiger partial charge is 0.368 e. The van der Waals surface area contributed by atoms with Crippen LogP contribution in [0.1, 0.15) is 18.4 Å². The molecule has 1 saturated heterocycles. The standard InChI is InChI=1S/C14H16FN3/c15-13-2-1-3-14(12(13)10-16)18-8-6-17(7-9-18)11-4-5-11/h1-3,11H,4-9H2. The molecule has 0 aromatic heterocycles. The Bertz CT molecular complexity index is 482. The van der Waals surface area contributed by atoms with E-state index in [1.807, 2.05) is 12.1 Å². The SMILES string of the molecule is N#Cc1c(F)cccc1N1CCN(C2CC2)CC1. The first-order chi connectivity index (χ1) is 8.79. The van der Waals surface area contributed by atoms with Gasteiger partial charge in [0, 0.05) is 32.2 Å². The average molecular weight is 245 g/mol. The van der Waals surface area contributed by atoms with E-state index in [1.165, 1.54) is 18.9 Å². The Morgan fingerprint density at radius 2 is 1.89 bits per heavy atom. The third-order valence-corrected chi connectivity index (χ3v) is 3.82. The predicted molar refractivity (Wildman–Crippen MR) is 67.9 cm³/mol. The molecule has 1 aliphatic heterocycles. The number of rotatable bonds is 2. The van der Waals surface area contributed by atoms with Crippen molar-refractivity contribution in [2.75, 3.05) is 31.1 Å². The molecule has 1 aromatic rings. The molecule has 18 heavy (non-hydrogen) atoms. The van der Waals surface area contributed by atoms with Crippen molar-refractivity contribution < 1.29 is 4.39 Å². The Labute approximate surface area is 106 Å². The summed E-state index contributed by atoms with van der Waals surface area (Å²) in [6.45, 7) is 3.81. The zero-order valence-electron chi connectivity index (χ0n) is 10.3. The lowest BCUT2D eigenvalue weighted by atomic mass is 10.1. The second kappa shape index (κ2) is 4.58. The molecule has 2 aliphatic rings. The maximum atomic E-state index is 13.6. The van der Waals surface area contributed by atoms with E-state index in [-0.39, 0.29) is 5.56 Å². The van der Waals surface area contributed by atoms with E-state index in [4.69, 9.17) is 5.26 Å². The number of hydrogen-bond donors (Lipinski definition) is 0. The van der Waals surface area contributed by atoms with Crippen LogP contribution in [0.25, 0.3) is 0 Å². The van der Waals surface area contributed by atoms with Crippen molar-refractivity contribution in [3.63, 3.8) is 0 Å². The minimum absolute atomic E-state index is 0.178. The second-order valence-electron chi connectivity index (χ2n) is 5.00. The average Bonchev–Trinajstić information content (AvgIpc) is 3.23. The van der Waals surface area contributed by atoms with Gasteiger partial charge < -0.3 is 4.90 Å². The molecule has 0 atom stereocenters. The van der Waals surface area contributed by atoms with Gasteiger partial charge in [0.15, 0.2) is 0 Å². The van der Waals surface area contributed by atoms with Crippen LogP contribution in [0.2, 0.25) is 0 Å². The van der Waals surface area contributed by atoms with Crippen LogP contribution in [0.15, 0.2) is 18.2 Å². The van der Waals surface area contributed by atoms with Crippen LogP contribution in [0.5, 0.6) is 0 Å². The number of nitrogens with zero attached hydrogens (tertiary/aromatic N) is 3. The molecule has 0 bridgehead atoms. The quantitative estimate of drug-likeness (QED) is 0.798. The third-order valence-electron chi connectivity index (χ3n) is 3.82. The molecule has 3 rings (SSSR count). The molecule has 94 valence electrons. The van der Waals surface area contributed by atoms with Gasteiger partial charge in [-0.05, 0) is 25.0 Å². The van der Waals surface area contributed by atoms with Crippen molar-refractivity contribution in [3.8, 4) is 6.07 Å². The predicted octanol–water partition coefficient (Wildman–Crippen LogP) is 1.98. The Hall–Kier alpha value is -1.60. The summed E-state index contributed by atoms with van der Waals surface area (Å²) < 4.78 is 13.6. The fourth-order valence-corrected chi connectivity index (χ4v) is 2.65. The maximum Gasteiger partial charge on any atom is 0.143 e. The van der Waals surface area contributed by atoms with E-state index in [1.54, 1.807) is 6.07 Å². The Kier molecular flexibility index (Phi) is 2.92. The van der Waals surface area contributed by atoms with Gasteiger partial charge in [-0.3, -0.25) is 4.90 Å². The van der Waals surface area contributed by atoms with Crippen molar-refractivity contribution in [2.45, 2.75) is 18.9 Å². The lowest BCUT2D eigenvalue weighted by molar-refractivity contribution is 0.248. The van der Waals surface area contributed by atoms with Crippen LogP contribution < -0.4 is 4.90 Å². The summed E-state index contributed by atoms with van der Waals surface area (Å²) >= 11 is 0. The monoisotopic (exact) mass is 245 g/mol. The molecule has 0 radical (unpaired) electrons. The van der Waals surface area contributed by atoms with Crippen LogP contribution in [0.3, 0.4) is 0 Å². The van der Waals surface area contributed by atoms with Crippen molar-refractivity contribution >= 4 is 5.69 Å². The summed E-state index contributed by atoms with van der Waals surface area (Å²) in [6.07, 6.45) is 2.65. The normalized spacial score (nSPS) is 20.8. The third kappa shape index (κ3) is 2.06. The highest BCUT2D eigenvalue weighted by Gasteiger charge is 2.31.